The minimum atomic E-state index is -0.616. The largest absolute Gasteiger partial charge is 0.496 e. The summed E-state index contributed by atoms with van der Waals surface area (Å²) in [6.45, 7) is 0.310. The predicted molar refractivity (Wildman–Crippen MR) is 84.9 cm³/mol. The van der Waals surface area contributed by atoms with Crippen LogP contribution < -0.4 is 15.2 Å². The number of aromatic nitrogens is 2. The molecular formula is C17H16FN3O3. The van der Waals surface area contributed by atoms with E-state index in [1.807, 2.05) is 30.3 Å². The van der Waals surface area contributed by atoms with Gasteiger partial charge >= 0.3 is 0 Å². The molecule has 0 fully saturated rings. The van der Waals surface area contributed by atoms with Crippen molar-refractivity contribution in [2.24, 2.45) is 5.73 Å². The zero-order chi connectivity index (χ0) is 16.9. The van der Waals surface area contributed by atoms with Gasteiger partial charge in [-0.2, -0.15) is 4.98 Å². The zero-order valence-corrected chi connectivity index (χ0v) is 13.0. The molecular weight excluding hydrogens is 313 g/mol. The summed E-state index contributed by atoms with van der Waals surface area (Å²) in [6.07, 6.45) is 0. The topological polar surface area (TPSA) is 83.4 Å². The van der Waals surface area contributed by atoms with Gasteiger partial charge in [-0.05, 0) is 17.7 Å². The van der Waals surface area contributed by atoms with Gasteiger partial charge in [0.2, 0.25) is 11.7 Å². The molecule has 1 heterocycles. The number of hydrogen-bond acceptors (Lipinski definition) is 6. The number of hydrogen-bond donors (Lipinski definition) is 1. The highest BCUT2D eigenvalue weighted by atomic mass is 19.1. The number of halogens is 1. The Morgan fingerprint density at radius 3 is 2.54 bits per heavy atom. The maximum absolute atomic E-state index is 14.9. The quantitative estimate of drug-likeness (QED) is 0.748. The fourth-order valence-electron chi connectivity index (χ4n) is 2.20. The van der Waals surface area contributed by atoms with E-state index in [2.05, 4.69) is 10.1 Å². The van der Waals surface area contributed by atoms with Crippen molar-refractivity contribution in [3.63, 3.8) is 0 Å². The van der Waals surface area contributed by atoms with Crippen LogP contribution in [0.1, 0.15) is 11.5 Å². The first-order valence-corrected chi connectivity index (χ1v) is 7.29. The van der Waals surface area contributed by atoms with Gasteiger partial charge in [-0.25, -0.2) is 4.39 Å². The van der Waals surface area contributed by atoms with E-state index in [9.17, 15) is 4.39 Å². The lowest BCUT2D eigenvalue weighted by Gasteiger charge is -2.12. The summed E-state index contributed by atoms with van der Waals surface area (Å²) in [5, 5.41) is 3.74. The van der Waals surface area contributed by atoms with Crippen LogP contribution in [-0.2, 0) is 13.2 Å². The van der Waals surface area contributed by atoms with Gasteiger partial charge in [0.15, 0.2) is 11.6 Å². The number of rotatable bonds is 6. The van der Waals surface area contributed by atoms with Crippen molar-refractivity contribution in [1.29, 1.82) is 0 Å². The summed E-state index contributed by atoms with van der Waals surface area (Å²) in [4.78, 5) is 4.05. The molecule has 6 nitrogen and oxygen atoms in total. The molecule has 0 aliphatic heterocycles. The predicted octanol–water partition coefficient (Wildman–Crippen LogP) is 2.92. The fourth-order valence-corrected chi connectivity index (χ4v) is 2.20. The molecule has 3 rings (SSSR count). The molecule has 124 valence electrons. The van der Waals surface area contributed by atoms with Crippen LogP contribution in [0.3, 0.4) is 0 Å². The van der Waals surface area contributed by atoms with Crippen LogP contribution in [0, 0.1) is 5.82 Å². The summed E-state index contributed by atoms with van der Waals surface area (Å²) in [5.41, 5.74) is 6.45. The Bertz CT molecular complexity index is 821. The standard InChI is InChI=1S/C17H16FN3O3/c1-22-12-7-8-13(23-10-11-5-3-2-4-6-11)16(18)15(12)17-20-14(9-19)24-21-17/h2-8H,9-10,19H2,1H3. The molecule has 0 aliphatic rings. The minimum absolute atomic E-state index is 0.0648. The Kier molecular flexibility index (Phi) is 4.72. The SMILES string of the molecule is COc1ccc(OCc2ccccc2)c(F)c1-c1noc(CN)n1. The molecule has 24 heavy (non-hydrogen) atoms. The van der Waals surface area contributed by atoms with Crippen molar-refractivity contribution in [1.82, 2.24) is 10.1 Å². The van der Waals surface area contributed by atoms with Gasteiger partial charge in [-0.15, -0.1) is 0 Å². The maximum Gasteiger partial charge on any atom is 0.240 e. The number of methoxy groups -OCH3 is 1. The average Bonchev–Trinajstić information content (AvgIpc) is 3.10. The number of nitrogens with zero attached hydrogens (tertiary/aromatic N) is 2. The Morgan fingerprint density at radius 1 is 1.12 bits per heavy atom. The summed E-state index contributed by atoms with van der Waals surface area (Å²) in [7, 11) is 1.44. The van der Waals surface area contributed by atoms with E-state index in [0.29, 0.717) is 0 Å². The lowest BCUT2D eigenvalue weighted by molar-refractivity contribution is 0.289. The third-order valence-corrected chi connectivity index (χ3v) is 3.39. The second-order valence-electron chi connectivity index (χ2n) is 4.95. The second-order valence-corrected chi connectivity index (χ2v) is 4.95. The summed E-state index contributed by atoms with van der Waals surface area (Å²) in [6, 6.07) is 12.6. The molecule has 0 bridgehead atoms. The molecule has 2 aromatic carbocycles. The van der Waals surface area contributed by atoms with Gasteiger partial charge < -0.3 is 19.7 Å². The van der Waals surface area contributed by atoms with Crippen molar-refractivity contribution in [3.8, 4) is 22.9 Å². The van der Waals surface area contributed by atoms with Crippen LogP contribution in [0.15, 0.2) is 47.0 Å². The van der Waals surface area contributed by atoms with Gasteiger partial charge in [-0.1, -0.05) is 35.5 Å². The fraction of sp³-hybridized carbons (Fsp3) is 0.176. The van der Waals surface area contributed by atoms with Crippen molar-refractivity contribution in [3.05, 3.63) is 59.7 Å². The molecule has 0 radical (unpaired) electrons. The molecule has 0 aliphatic carbocycles. The Balaban J connectivity index is 1.92. The molecule has 0 saturated carbocycles. The molecule has 2 N–H and O–H groups in total. The van der Waals surface area contributed by atoms with E-state index >= 15 is 0 Å². The monoisotopic (exact) mass is 329 g/mol. The van der Waals surface area contributed by atoms with Crippen LogP contribution in [0.5, 0.6) is 11.5 Å². The normalized spacial score (nSPS) is 10.6. The molecule has 3 aromatic rings. The van der Waals surface area contributed by atoms with E-state index in [1.54, 1.807) is 6.07 Å². The Morgan fingerprint density at radius 2 is 1.88 bits per heavy atom. The highest BCUT2D eigenvalue weighted by Gasteiger charge is 2.21. The number of nitrogens with two attached hydrogens (primary N) is 1. The van der Waals surface area contributed by atoms with Gasteiger partial charge in [0.05, 0.1) is 13.7 Å². The van der Waals surface area contributed by atoms with Gasteiger partial charge in [0, 0.05) is 0 Å². The molecule has 0 atom stereocenters. The molecule has 7 heteroatoms. The summed E-state index contributed by atoms with van der Waals surface area (Å²) >= 11 is 0. The van der Waals surface area contributed by atoms with Gasteiger partial charge in [0.25, 0.3) is 0 Å². The van der Waals surface area contributed by atoms with Crippen molar-refractivity contribution in [2.75, 3.05) is 7.11 Å². The zero-order valence-electron chi connectivity index (χ0n) is 13.0. The van der Waals surface area contributed by atoms with Gasteiger partial charge in [0.1, 0.15) is 17.9 Å². The summed E-state index contributed by atoms with van der Waals surface area (Å²) < 4.78 is 30.6. The lowest BCUT2D eigenvalue weighted by atomic mass is 10.1. The highest BCUT2D eigenvalue weighted by molar-refractivity contribution is 5.67. The highest BCUT2D eigenvalue weighted by Crippen LogP contribution is 2.36. The smallest absolute Gasteiger partial charge is 0.240 e. The van der Waals surface area contributed by atoms with Crippen LogP contribution in [0.25, 0.3) is 11.4 Å². The Labute approximate surface area is 138 Å². The average molecular weight is 329 g/mol. The number of ether oxygens (including phenoxy) is 2. The molecule has 1 aromatic heterocycles. The van der Waals surface area contributed by atoms with Crippen LogP contribution in [0.4, 0.5) is 4.39 Å². The summed E-state index contributed by atoms with van der Waals surface area (Å²) in [5.74, 6) is 0.0179. The molecule has 0 unspecified atom stereocenters. The van der Waals surface area contributed by atoms with E-state index < -0.39 is 5.82 Å². The minimum Gasteiger partial charge on any atom is -0.496 e. The van der Waals surface area contributed by atoms with Gasteiger partial charge in [-0.3, -0.25) is 0 Å². The Hall–Kier alpha value is -2.93. The van der Waals surface area contributed by atoms with Crippen molar-refractivity contribution < 1.29 is 18.4 Å². The third kappa shape index (κ3) is 3.21. The van der Waals surface area contributed by atoms with E-state index in [1.165, 1.54) is 13.2 Å². The first-order valence-electron chi connectivity index (χ1n) is 7.29. The van der Waals surface area contributed by atoms with E-state index in [-0.39, 0.29) is 41.9 Å². The van der Waals surface area contributed by atoms with Crippen LogP contribution in [0.2, 0.25) is 0 Å². The molecule has 0 amide bonds. The van der Waals surface area contributed by atoms with Crippen LogP contribution in [-0.4, -0.2) is 17.3 Å². The van der Waals surface area contributed by atoms with Crippen molar-refractivity contribution in [2.45, 2.75) is 13.2 Å². The number of benzene rings is 2. The lowest BCUT2D eigenvalue weighted by Crippen LogP contribution is -2.01. The molecule has 0 spiro atoms. The second kappa shape index (κ2) is 7.10. The first-order chi connectivity index (χ1) is 11.7. The van der Waals surface area contributed by atoms with E-state index in [4.69, 9.17) is 19.7 Å². The first kappa shape index (κ1) is 15.9. The maximum atomic E-state index is 14.9. The third-order valence-electron chi connectivity index (χ3n) is 3.39. The van der Waals surface area contributed by atoms with E-state index in [0.717, 1.165) is 5.56 Å². The van der Waals surface area contributed by atoms with Crippen LogP contribution >= 0.6 is 0 Å². The van der Waals surface area contributed by atoms with Crippen molar-refractivity contribution >= 4 is 0 Å². The molecule has 0 saturated heterocycles.